The van der Waals surface area contributed by atoms with Gasteiger partial charge in [0.2, 0.25) is 10.0 Å². The molecule has 0 atom stereocenters. The third-order valence-electron chi connectivity index (χ3n) is 4.60. The number of rotatable bonds is 5. The zero-order valence-electron chi connectivity index (χ0n) is 15.2. The summed E-state index contributed by atoms with van der Waals surface area (Å²) in [5.41, 5.74) is 4.00. The van der Waals surface area contributed by atoms with Crippen LogP contribution < -0.4 is 4.72 Å². The van der Waals surface area contributed by atoms with E-state index >= 15 is 0 Å². The fourth-order valence-corrected chi connectivity index (χ4v) is 4.36. The monoisotopic (exact) mass is 404 g/mol. The number of nitrogens with zero attached hydrogens (tertiary/aromatic N) is 3. The maximum Gasteiger partial charge on any atom is 0.238 e. The van der Waals surface area contributed by atoms with Gasteiger partial charge >= 0.3 is 0 Å². The van der Waals surface area contributed by atoms with Crippen LogP contribution in [0.15, 0.2) is 83.6 Å². The third-order valence-corrected chi connectivity index (χ3v) is 5.80. The molecular weight excluding hydrogens is 388 g/mol. The Kier molecular flexibility index (Phi) is 4.06. The molecule has 3 heterocycles. The first-order chi connectivity index (χ1) is 14.1. The lowest BCUT2D eigenvalue weighted by Crippen LogP contribution is -2.15. The molecule has 0 aliphatic carbocycles. The number of anilines is 1. The van der Waals surface area contributed by atoms with Crippen molar-refractivity contribution >= 4 is 32.3 Å². The van der Waals surface area contributed by atoms with E-state index in [2.05, 4.69) is 14.9 Å². The SMILES string of the molecule is O=S(=O)(Cc1noc2ccccc12)Nc1ccc(-c2cn3ccccc3n2)cc1. The number of fused-ring (bicyclic) bond motifs is 2. The molecule has 0 saturated heterocycles. The lowest BCUT2D eigenvalue weighted by molar-refractivity contribution is 0.448. The van der Waals surface area contributed by atoms with Crippen molar-refractivity contribution in [3.05, 3.63) is 84.8 Å². The second-order valence-electron chi connectivity index (χ2n) is 6.66. The molecule has 1 N–H and O–H groups in total. The molecule has 0 bridgehead atoms. The van der Waals surface area contributed by atoms with Crippen molar-refractivity contribution in [2.75, 3.05) is 4.72 Å². The highest BCUT2D eigenvalue weighted by Gasteiger charge is 2.17. The Hall–Kier alpha value is -3.65. The van der Waals surface area contributed by atoms with Crippen LogP contribution in [0.2, 0.25) is 0 Å². The highest BCUT2D eigenvalue weighted by atomic mass is 32.2. The molecule has 0 unspecified atom stereocenters. The lowest BCUT2D eigenvalue weighted by Gasteiger charge is -2.07. The van der Waals surface area contributed by atoms with E-state index in [1.54, 1.807) is 24.3 Å². The molecule has 5 aromatic rings. The maximum absolute atomic E-state index is 12.6. The molecule has 0 aliphatic rings. The number of para-hydroxylation sites is 1. The Bertz CT molecular complexity index is 1390. The van der Waals surface area contributed by atoms with Crippen molar-refractivity contribution in [3.8, 4) is 11.3 Å². The van der Waals surface area contributed by atoms with Gasteiger partial charge in [0.15, 0.2) is 5.58 Å². The van der Waals surface area contributed by atoms with Gasteiger partial charge in [-0.1, -0.05) is 35.5 Å². The van der Waals surface area contributed by atoms with E-state index in [9.17, 15) is 8.42 Å². The van der Waals surface area contributed by atoms with E-state index in [0.717, 1.165) is 16.9 Å². The molecule has 5 rings (SSSR count). The quantitative estimate of drug-likeness (QED) is 0.477. The molecule has 0 spiro atoms. The highest BCUT2D eigenvalue weighted by Crippen LogP contribution is 2.23. The molecule has 2 aromatic carbocycles. The van der Waals surface area contributed by atoms with E-state index in [4.69, 9.17) is 4.52 Å². The molecule has 7 nitrogen and oxygen atoms in total. The summed E-state index contributed by atoms with van der Waals surface area (Å²) in [5.74, 6) is -0.266. The van der Waals surface area contributed by atoms with Crippen molar-refractivity contribution in [1.82, 2.24) is 14.5 Å². The molecule has 0 aliphatic heterocycles. The lowest BCUT2D eigenvalue weighted by atomic mass is 10.1. The summed E-state index contributed by atoms with van der Waals surface area (Å²) in [6.45, 7) is 0. The van der Waals surface area contributed by atoms with Crippen LogP contribution in [-0.2, 0) is 15.8 Å². The molecule has 29 heavy (non-hydrogen) atoms. The van der Waals surface area contributed by atoms with Crippen molar-refractivity contribution in [1.29, 1.82) is 0 Å². The minimum atomic E-state index is -3.64. The summed E-state index contributed by atoms with van der Waals surface area (Å²) in [6.07, 6.45) is 3.87. The Labute approximate surface area is 166 Å². The third kappa shape index (κ3) is 3.45. The fourth-order valence-electron chi connectivity index (χ4n) is 3.22. The average molecular weight is 404 g/mol. The number of nitrogens with one attached hydrogen (secondary N) is 1. The average Bonchev–Trinajstić information content (AvgIpc) is 3.32. The van der Waals surface area contributed by atoms with Crippen LogP contribution in [0.25, 0.3) is 27.9 Å². The standard InChI is InChI=1S/C21H16N4O3S/c26-29(27,14-19-17-5-1-2-6-20(17)28-23-19)24-16-10-8-15(9-11-16)18-13-25-12-4-3-7-21(25)22-18/h1-13,24H,14H2. The van der Waals surface area contributed by atoms with Gasteiger partial charge in [0, 0.05) is 29.0 Å². The summed E-state index contributed by atoms with van der Waals surface area (Å²) in [5, 5.41) is 4.59. The summed E-state index contributed by atoms with van der Waals surface area (Å²) >= 11 is 0. The number of imidazole rings is 1. The van der Waals surface area contributed by atoms with Gasteiger partial charge in [-0.25, -0.2) is 13.4 Å². The van der Waals surface area contributed by atoms with Crippen LogP contribution in [0.1, 0.15) is 5.69 Å². The van der Waals surface area contributed by atoms with Gasteiger partial charge in [0.05, 0.1) is 5.69 Å². The molecule has 0 saturated carbocycles. The Morgan fingerprint density at radius 3 is 2.59 bits per heavy atom. The molecule has 8 heteroatoms. The minimum Gasteiger partial charge on any atom is -0.356 e. The summed E-state index contributed by atoms with van der Waals surface area (Å²) < 4.78 is 34.9. The number of sulfonamides is 1. The minimum absolute atomic E-state index is 0.266. The van der Waals surface area contributed by atoms with Gasteiger partial charge in [-0.2, -0.15) is 0 Å². The van der Waals surface area contributed by atoms with Gasteiger partial charge in [-0.3, -0.25) is 4.72 Å². The summed E-state index contributed by atoms with van der Waals surface area (Å²) in [6, 6.07) is 20.1. The largest absolute Gasteiger partial charge is 0.356 e. The van der Waals surface area contributed by atoms with Gasteiger partial charge < -0.3 is 8.92 Å². The maximum atomic E-state index is 12.6. The van der Waals surface area contributed by atoms with Crippen molar-refractivity contribution in [2.24, 2.45) is 0 Å². The van der Waals surface area contributed by atoms with Crippen molar-refractivity contribution in [2.45, 2.75) is 5.75 Å². The van der Waals surface area contributed by atoms with Crippen LogP contribution in [0.4, 0.5) is 5.69 Å². The molecule has 0 fully saturated rings. The fraction of sp³-hybridized carbons (Fsp3) is 0.0476. The first-order valence-electron chi connectivity index (χ1n) is 8.95. The second-order valence-corrected chi connectivity index (χ2v) is 8.38. The molecule has 3 aromatic heterocycles. The van der Waals surface area contributed by atoms with Gasteiger partial charge in [0.1, 0.15) is 17.1 Å². The zero-order chi connectivity index (χ0) is 19.8. The summed E-state index contributed by atoms with van der Waals surface area (Å²) in [4.78, 5) is 4.57. The molecule has 0 amide bonds. The normalized spacial score (nSPS) is 11.9. The smallest absolute Gasteiger partial charge is 0.238 e. The van der Waals surface area contributed by atoms with Crippen molar-refractivity contribution < 1.29 is 12.9 Å². The number of benzene rings is 2. The van der Waals surface area contributed by atoms with Crippen LogP contribution in [0.5, 0.6) is 0 Å². The van der Waals surface area contributed by atoms with E-state index in [0.29, 0.717) is 22.4 Å². The topological polar surface area (TPSA) is 89.5 Å². The number of hydrogen-bond donors (Lipinski definition) is 1. The second kappa shape index (κ2) is 6.75. The first kappa shape index (κ1) is 17.4. The number of pyridine rings is 1. The zero-order valence-corrected chi connectivity index (χ0v) is 16.0. The van der Waals surface area contributed by atoms with Crippen molar-refractivity contribution in [3.63, 3.8) is 0 Å². The van der Waals surface area contributed by atoms with Gasteiger partial charge in [-0.05, 0) is 36.4 Å². The Morgan fingerprint density at radius 1 is 0.966 bits per heavy atom. The first-order valence-corrected chi connectivity index (χ1v) is 10.6. The van der Waals surface area contributed by atoms with Crippen LogP contribution in [0.3, 0.4) is 0 Å². The van der Waals surface area contributed by atoms with E-state index in [-0.39, 0.29) is 5.75 Å². The Morgan fingerprint density at radius 2 is 1.76 bits per heavy atom. The predicted molar refractivity (Wildman–Crippen MR) is 111 cm³/mol. The van der Waals surface area contributed by atoms with Crippen LogP contribution in [-0.4, -0.2) is 23.0 Å². The number of hydrogen-bond acceptors (Lipinski definition) is 5. The summed E-state index contributed by atoms with van der Waals surface area (Å²) in [7, 11) is -3.64. The van der Waals surface area contributed by atoms with E-state index < -0.39 is 10.0 Å². The van der Waals surface area contributed by atoms with Crippen LogP contribution in [0, 0.1) is 0 Å². The highest BCUT2D eigenvalue weighted by molar-refractivity contribution is 7.91. The number of aromatic nitrogens is 3. The molecule has 144 valence electrons. The Balaban J connectivity index is 1.36. The van der Waals surface area contributed by atoms with Gasteiger partial charge in [0.25, 0.3) is 0 Å². The van der Waals surface area contributed by atoms with Gasteiger partial charge in [-0.15, -0.1) is 0 Å². The van der Waals surface area contributed by atoms with E-state index in [1.165, 1.54) is 0 Å². The molecular formula is C21H16N4O3S. The molecule has 0 radical (unpaired) electrons. The predicted octanol–water partition coefficient (Wildman–Crippen LogP) is 4.08. The van der Waals surface area contributed by atoms with E-state index in [1.807, 2.05) is 59.3 Å². The van der Waals surface area contributed by atoms with Crippen LogP contribution >= 0.6 is 0 Å².